The average molecular weight is 358 g/mol. The highest BCUT2D eigenvalue weighted by Crippen LogP contribution is 2.16. The summed E-state index contributed by atoms with van der Waals surface area (Å²) in [4.78, 5) is 22.9. The molecule has 0 aliphatic carbocycles. The van der Waals surface area contributed by atoms with Gasteiger partial charge in [0.1, 0.15) is 5.60 Å². The fourth-order valence-electron chi connectivity index (χ4n) is 2.25. The van der Waals surface area contributed by atoms with Crippen molar-refractivity contribution in [1.29, 1.82) is 0 Å². The summed E-state index contributed by atoms with van der Waals surface area (Å²) in [6, 6.07) is 11.2. The van der Waals surface area contributed by atoms with Crippen molar-refractivity contribution in [3.8, 4) is 11.3 Å². The number of carbonyl (C=O) groups excluding carboxylic acids is 1. The van der Waals surface area contributed by atoms with Gasteiger partial charge in [-0.05, 0) is 32.4 Å². The number of carbonyl (C=O) groups is 1. The molecule has 0 aliphatic heterocycles. The van der Waals surface area contributed by atoms with Gasteiger partial charge in [0.25, 0.3) is 5.56 Å². The minimum absolute atomic E-state index is 0.130. The number of alkyl carbamates (subject to hydrolysis) is 1. The Morgan fingerprint density at radius 2 is 1.81 bits per heavy atom. The summed E-state index contributed by atoms with van der Waals surface area (Å²) in [6.07, 6.45) is -0.409. The van der Waals surface area contributed by atoms with E-state index in [2.05, 4.69) is 15.7 Å². The molecule has 0 fully saturated rings. The lowest BCUT2D eigenvalue weighted by molar-refractivity contribution is 0.0528. The first kappa shape index (κ1) is 19.7. The normalized spacial score (nSPS) is 11.2. The van der Waals surface area contributed by atoms with Crippen LogP contribution in [0.3, 0.4) is 0 Å². The zero-order valence-electron chi connectivity index (χ0n) is 15.7. The third-order valence-corrected chi connectivity index (χ3v) is 3.51. The Hall–Kier alpha value is -2.67. The van der Waals surface area contributed by atoms with Gasteiger partial charge in [0.05, 0.1) is 5.69 Å². The molecule has 1 heterocycles. The van der Waals surface area contributed by atoms with Crippen LogP contribution in [-0.2, 0) is 18.3 Å². The van der Waals surface area contributed by atoms with Crippen molar-refractivity contribution in [2.75, 3.05) is 13.1 Å². The number of nitrogens with one attached hydrogen (secondary N) is 2. The van der Waals surface area contributed by atoms with Gasteiger partial charge in [0.2, 0.25) is 0 Å². The number of hydrogen-bond acceptors (Lipinski definition) is 5. The highest BCUT2D eigenvalue weighted by Gasteiger charge is 2.15. The van der Waals surface area contributed by atoms with E-state index < -0.39 is 11.7 Å². The molecule has 0 saturated carbocycles. The highest BCUT2D eigenvalue weighted by molar-refractivity contribution is 5.67. The van der Waals surface area contributed by atoms with Gasteiger partial charge in [0.15, 0.2) is 0 Å². The number of hydrogen-bond donors (Lipinski definition) is 2. The predicted molar refractivity (Wildman–Crippen MR) is 101 cm³/mol. The molecule has 0 saturated heterocycles. The van der Waals surface area contributed by atoms with E-state index >= 15 is 0 Å². The molecule has 0 atom stereocenters. The van der Waals surface area contributed by atoms with E-state index in [9.17, 15) is 9.59 Å². The van der Waals surface area contributed by atoms with Crippen LogP contribution in [0.4, 0.5) is 4.79 Å². The molecule has 2 aromatic rings. The first-order valence-corrected chi connectivity index (χ1v) is 8.56. The third-order valence-electron chi connectivity index (χ3n) is 3.51. The van der Waals surface area contributed by atoms with Crippen LogP contribution in [0.1, 0.15) is 26.3 Å². The quantitative estimate of drug-likeness (QED) is 0.772. The lowest BCUT2D eigenvalue weighted by Crippen LogP contribution is -2.36. The minimum atomic E-state index is -0.487. The lowest BCUT2D eigenvalue weighted by Gasteiger charge is -2.19. The molecular weight excluding hydrogens is 332 g/mol. The van der Waals surface area contributed by atoms with Gasteiger partial charge in [0, 0.05) is 38.3 Å². The van der Waals surface area contributed by atoms with Crippen LogP contribution in [0.5, 0.6) is 0 Å². The first-order chi connectivity index (χ1) is 12.2. The predicted octanol–water partition coefficient (Wildman–Crippen LogP) is 2.06. The van der Waals surface area contributed by atoms with E-state index in [4.69, 9.17) is 4.74 Å². The van der Waals surface area contributed by atoms with E-state index in [1.807, 2.05) is 45.0 Å². The molecule has 0 spiro atoms. The van der Waals surface area contributed by atoms with Gasteiger partial charge in [-0.3, -0.25) is 4.79 Å². The number of rotatable bonds is 6. The number of ether oxygens (including phenoxy) is 1. The molecule has 2 rings (SSSR count). The molecule has 7 heteroatoms. The van der Waals surface area contributed by atoms with Gasteiger partial charge >= 0.3 is 6.09 Å². The Labute approximate surface area is 153 Å². The van der Waals surface area contributed by atoms with Crippen LogP contribution >= 0.6 is 0 Å². The van der Waals surface area contributed by atoms with Gasteiger partial charge < -0.3 is 15.4 Å². The maximum atomic E-state index is 11.5. The van der Waals surface area contributed by atoms with E-state index in [-0.39, 0.29) is 5.56 Å². The monoisotopic (exact) mass is 358 g/mol. The summed E-state index contributed by atoms with van der Waals surface area (Å²) in [7, 11) is 1.63. The zero-order chi connectivity index (χ0) is 19.2. The SMILES string of the molecule is Cn1nc(-c2ccc(CNCCNC(=O)OC(C)(C)C)cc2)ccc1=O. The number of amides is 1. The minimum Gasteiger partial charge on any atom is -0.444 e. The molecule has 1 aromatic carbocycles. The Balaban J connectivity index is 1.76. The number of aryl methyl sites for hydroxylation is 1. The van der Waals surface area contributed by atoms with Gasteiger partial charge in [-0.1, -0.05) is 24.3 Å². The van der Waals surface area contributed by atoms with Crippen LogP contribution in [0.15, 0.2) is 41.2 Å². The Morgan fingerprint density at radius 1 is 1.12 bits per heavy atom. The van der Waals surface area contributed by atoms with Crippen LogP contribution in [0.25, 0.3) is 11.3 Å². The standard InChI is InChI=1S/C19H26N4O3/c1-19(2,3)26-18(25)21-12-11-20-13-14-5-7-15(8-6-14)16-9-10-17(24)23(4)22-16/h5-10,20H,11-13H2,1-4H3,(H,21,25). The first-order valence-electron chi connectivity index (χ1n) is 8.56. The molecule has 0 aliphatic rings. The molecule has 1 amide bonds. The Bertz CT molecular complexity index is 792. The zero-order valence-corrected chi connectivity index (χ0v) is 15.7. The molecule has 0 bridgehead atoms. The van der Waals surface area contributed by atoms with Crippen molar-refractivity contribution < 1.29 is 9.53 Å². The van der Waals surface area contributed by atoms with Crippen molar-refractivity contribution >= 4 is 6.09 Å². The van der Waals surface area contributed by atoms with Crippen molar-refractivity contribution in [3.05, 3.63) is 52.3 Å². The van der Waals surface area contributed by atoms with Gasteiger partial charge in [-0.15, -0.1) is 0 Å². The number of benzene rings is 1. The van der Waals surface area contributed by atoms with Gasteiger partial charge in [-0.2, -0.15) is 5.10 Å². The van der Waals surface area contributed by atoms with Crippen LogP contribution in [0.2, 0.25) is 0 Å². The summed E-state index contributed by atoms with van der Waals surface area (Å²) in [5, 5.41) is 10.2. The van der Waals surface area contributed by atoms with Crippen LogP contribution in [0, 0.1) is 0 Å². The van der Waals surface area contributed by atoms with Crippen molar-refractivity contribution in [2.24, 2.45) is 7.05 Å². The number of nitrogens with zero attached hydrogens (tertiary/aromatic N) is 2. The van der Waals surface area contributed by atoms with E-state index in [1.54, 1.807) is 13.1 Å². The Morgan fingerprint density at radius 3 is 2.42 bits per heavy atom. The molecule has 7 nitrogen and oxygen atoms in total. The van der Waals surface area contributed by atoms with E-state index in [1.165, 1.54) is 10.7 Å². The van der Waals surface area contributed by atoms with E-state index in [0.717, 1.165) is 16.8 Å². The van der Waals surface area contributed by atoms with Crippen LogP contribution in [-0.4, -0.2) is 34.6 Å². The second-order valence-electron chi connectivity index (χ2n) is 6.98. The fourth-order valence-corrected chi connectivity index (χ4v) is 2.25. The molecular formula is C19H26N4O3. The second kappa shape index (κ2) is 8.62. The molecule has 1 aromatic heterocycles. The second-order valence-corrected chi connectivity index (χ2v) is 6.98. The maximum absolute atomic E-state index is 11.5. The molecule has 140 valence electrons. The summed E-state index contributed by atoms with van der Waals surface area (Å²) in [5.74, 6) is 0. The van der Waals surface area contributed by atoms with Crippen molar-refractivity contribution in [3.63, 3.8) is 0 Å². The lowest BCUT2D eigenvalue weighted by atomic mass is 10.1. The maximum Gasteiger partial charge on any atom is 0.407 e. The summed E-state index contributed by atoms with van der Waals surface area (Å²) < 4.78 is 6.49. The average Bonchev–Trinajstić information content (AvgIpc) is 2.56. The van der Waals surface area contributed by atoms with E-state index in [0.29, 0.717) is 19.6 Å². The highest BCUT2D eigenvalue weighted by atomic mass is 16.6. The molecule has 2 N–H and O–H groups in total. The molecule has 0 radical (unpaired) electrons. The topological polar surface area (TPSA) is 85.2 Å². The third kappa shape index (κ3) is 6.33. The summed E-state index contributed by atoms with van der Waals surface area (Å²) in [6.45, 7) is 7.33. The Kier molecular flexibility index (Phi) is 6.52. The van der Waals surface area contributed by atoms with Crippen LogP contribution < -0.4 is 16.2 Å². The van der Waals surface area contributed by atoms with Gasteiger partial charge in [-0.25, -0.2) is 9.48 Å². The van der Waals surface area contributed by atoms with Crippen molar-refractivity contribution in [2.45, 2.75) is 32.9 Å². The molecule has 0 unspecified atom stereocenters. The van der Waals surface area contributed by atoms with Crippen molar-refractivity contribution in [1.82, 2.24) is 20.4 Å². The fraction of sp³-hybridized carbons (Fsp3) is 0.421. The smallest absolute Gasteiger partial charge is 0.407 e. The largest absolute Gasteiger partial charge is 0.444 e. The summed E-state index contributed by atoms with van der Waals surface area (Å²) in [5.41, 5.74) is 2.22. The molecule has 26 heavy (non-hydrogen) atoms. The summed E-state index contributed by atoms with van der Waals surface area (Å²) >= 11 is 0. The number of aromatic nitrogens is 2.